The van der Waals surface area contributed by atoms with Crippen LogP contribution in [0.15, 0.2) is 35.5 Å². The molecule has 6 heteroatoms. The fraction of sp³-hybridized carbons (Fsp3) is 0.286. The molecule has 0 unspecified atom stereocenters. The molecular formula is C14H17N5S. The summed E-state index contributed by atoms with van der Waals surface area (Å²) in [5, 5.41) is 0.705. The summed E-state index contributed by atoms with van der Waals surface area (Å²) >= 11 is 1.50. The summed E-state index contributed by atoms with van der Waals surface area (Å²) in [4.78, 5) is 13.2. The van der Waals surface area contributed by atoms with Gasteiger partial charge in [-0.3, -0.25) is 0 Å². The third-order valence-electron chi connectivity index (χ3n) is 3.41. The van der Waals surface area contributed by atoms with Crippen molar-refractivity contribution in [2.24, 2.45) is 0 Å². The Balaban J connectivity index is 2.07. The monoisotopic (exact) mass is 287 g/mol. The van der Waals surface area contributed by atoms with E-state index >= 15 is 0 Å². The van der Waals surface area contributed by atoms with E-state index in [0.717, 1.165) is 24.6 Å². The van der Waals surface area contributed by atoms with Gasteiger partial charge in [-0.25, -0.2) is 9.97 Å². The largest absolute Gasteiger partial charge is 0.383 e. The van der Waals surface area contributed by atoms with Crippen LogP contribution in [0.25, 0.3) is 0 Å². The molecule has 5 nitrogen and oxygen atoms in total. The first-order valence-corrected chi connectivity index (χ1v) is 7.68. The normalized spacial score (nSPS) is 14.3. The SMILES string of the molecule is CSc1nc(N)cc(N2CCN(C)c3ccccc32)n1. The number of likely N-dealkylation sites (N-methyl/N-ethyl adjacent to an activating group) is 1. The van der Waals surface area contributed by atoms with Crippen LogP contribution in [0.3, 0.4) is 0 Å². The average Bonchev–Trinajstić information content (AvgIpc) is 2.47. The Hall–Kier alpha value is -1.95. The van der Waals surface area contributed by atoms with Crippen molar-refractivity contribution >= 4 is 34.8 Å². The molecule has 0 radical (unpaired) electrons. The first-order chi connectivity index (χ1) is 9.69. The number of nitrogen functional groups attached to an aromatic ring is 1. The number of thioether (sulfide) groups is 1. The van der Waals surface area contributed by atoms with E-state index in [1.807, 2.05) is 18.4 Å². The van der Waals surface area contributed by atoms with Crippen LogP contribution >= 0.6 is 11.8 Å². The lowest BCUT2D eigenvalue weighted by Gasteiger charge is -2.36. The van der Waals surface area contributed by atoms with Crippen molar-refractivity contribution in [2.75, 3.05) is 41.9 Å². The van der Waals surface area contributed by atoms with Crippen LogP contribution in [0.4, 0.5) is 23.0 Å². The van der Waals surface area contributed by atoms with Gasteiger partial charge in [0.05, 0.1) is 11.4 Å². The minimum Gasteiger partial charge on any atom is -0.383 e. The summed E-state index contributed by atoms with van der Waals surface area (Å²) in [6, 6.07) is 10.2. The van der Waals surface area contributed by atoms with E-state index in [2.05, 4.69) is 45.0 Å². The quantitative estimate of drug-likeness (QED) is 0.676. The maximum absolute atomic E-state index is 5.89. The first-order valence-electron chi connectivity index (χ1n) is 6.45. The molecule has 20 heavy (non-hydrogen) atoms. The second-order valence-corrected chi connectivity index (χ2v) is 5.47. The van der Waals surface area contributed by atoms with Crippen LogP contribution in [-0.2, 0) is 0 Å². The van der Waals surface area contributed by atoms with E-state index in [9.17, 15) is 0 Å². The highest BCUT2D eigenvalue weighted by Crippen LogP contribution is 2.36. The second kappa shape index (κ2) is 5.20. The number of anilines is 4. The molecule has 0 amide bonds. The van der Waals surface area contributed by atoms with Crippen molar-refractivity contribution in [3.05, 3.63) is 30.3 Å². The summed E-state index contributed by atoms with van der Waals surface area (Å²) in [6.45, 7) is 1.84. The van der Waals surface area contributed by atoms with Crippen LogP contribution in [0, 0.1) is 0 Å². The van der Waals surface area contributed by atoms with Crippen LogP contribution in [-0.4, -0.2) is 36.4 Å². The Bertz CT molecular complexity index is 631. The number of nitrogens with two attached hydrogens (primary N) is 1. The van der Waals surface area contributed by atoms with Crippen molar-refractivity contribution in [1.82, 2.24) is 9.97 Å². The van der Waals surface area contributed by atoms with Crippen molar-refractivity contribution < 1.29 is 0 Å². The molecule has 3 rings (SSSR count). The molecule has 2 aromatic rings. The highest BCUT2D eigenvalue weighted by atomic mass is 32.2. The van der Waals surface area contributed by atoms with Crippen LogP contribution < -0.4 is 15.5 Å². The zero-order valence-corrected chi connectivity index (χ0v) is 12.4. The Morgan fingerprint density at radius 2 is 1.90 bits per heavy atom. The third kappa shape index (κ3) is 2.27. The van der Waals surface area contributed by atoms with Crippen LogP contribution in [0.2, 0.25) is 0 Å². The highest BCUT2D eigenvalue weighted by molar-refractivity contribution is 7.98. The predicted molar refractivity (Wildman–Crippen MR) is 84.9 cm³/mol. The van der Waals surface area contributed by atoms with Gasteiger partial charge in [0, 0.05) is 26.2 Å². The van der Waals surface area contributed by atoms with Crippen LogP contribution in [0.5, 0.6) is 0 Å². The molecule has 0 spiro atoms. The van der Waals surface area contributed by atoms with Crippen molar-refractivity contribution in [1.29, 1.82) is 0 Å². The fourth-order valence-corrected chi connectivity index (χ4v) is 2.79. The van der Waals surface area contributed by atoms with Crippen LogP contribution in [0.1, 0.15) is 0 Å². The van der Waals surface area contributed by atoms with E-state index in [-0.39, 0.29) is 0 Å². The van der Waals surface area contributed by atoms with Gasteiger partial charge in [0.1, 0.15) is 11.6 Å². The van der Waals surface area contributed by atoms with Gasteiger partial charge in [0.25, 0.3) is 0 Å². The lowest BCUT2D eigenvalue weighted by atomic mass is 10.2. The summed E-state index contributed by atoms with van der Waals surface area (Å²) < 4.78 is 0. The smallest absolute Gasteiger partial charge is 0.191 e. The van der Waals surface area contributed by atoms with Gasteiger partial charge in [0.15, 0.2) is 5.16 Å². The molecule has 0 atom stereocenters. The fourth-order valence-electron chi connectivity index (χ4n) is 2.40. The maximum atomic E-state index is 5.89. The molecule has 1 aliphatic rings. The summed E-state index contributed by atoms with van der Waals surface area (Å²) in [6.07, 6.45) is 1.95. The van der Waals surface area contributed by atoms with Gasteiger partial charge in [-0.2, -0.15) is 0 Å². The average molecular weight is 287 g/mol. The molecule has 104 valence electrons. The molecule has 0 aliphatic carbocycles. The molecule has 2 N–H and O–H groups in total. The van der Waals surface area contributed by atoms with Gasteiger partial charge in [0.2, 0.25) is 0 Å². The molecule has 1 aromatic heterocycles. The molecule has 2 heterocycles. The zero-order chi connectivity index (χ0) is 14.1. The second-order valence-electron chi connectivity index (χ2n) is 4.70. The van der Waals surface area contributed by atoms with Crippen molar-refractivity contribution in [3.63, 3.8) is 0 Å². The number of rotatable bonds is 2. The van der Waals surface area contributed by atoms with Crippen molar-refractivity contribution in [3.8, 4) is 0 Å². The minimum atomic E-state index is 0.510. The Labute approximate surface area is 122 Å². The third-order valence-corrected chi connectivity index (χ3v) is 3.96. The van der Waals surface area contributed by atoms with Gasteiger partial charge in [-0.1, -0.05) is 23.9 Å². The Kier molecular flexibility index (Phi) is 3.40. The Morgan fingerprint density at radius 1 is 1.15 bits per heavy atom. The molecule has 1 aliphatic heterocycles. The highest BCUT2D eigenvalue weighted by Gasteiger charge is 2.22. The van der Waals surface area contributed by atoms with E-state index < -0.39 is 0 Å². The first kappa shape index (κ1) is 13.1. The topological polar surface area (TPSA) is 58.3 Å². The van der Waals surface area contributed by atoms with Gasteiger partial charge < -0.3 is 15.5 Å². The molecule has 0 fully saturated rings. The van der Waals surface area contributed by atoms with Crippen molar-refractivity contribution in [2.45, 2.75) is 5.16 Å². The standard InChI is InChI=1S/C14H17N5S/c1-18-7-8-19(11-6-4-3-5-10(11)18)13-9-12(15)16-14(17-13)20-2/h3-6,9H,7-8H2,1-2H3,(H2,15,16,17). The Morgan fingerprint density at radius 3 is 2.65 bits per heavy atom. The number of hydrogen-bond acceptors (Lipinski definition) is 6. The van der Waals surface area contributed by atoms with E-state index in [0.29, 0.717) is 11.0 Å². The molecule has 0 saturated carbocycles. The number of hydrogen-bond donors (Lipinski definition) is 1. The van der Waals surface area contributed by atoms with Gasteiger partial charge in [-0.15, -0.1) is 0 Å². The van der Waals surface area contributed by atoms with Gasteiger partial charge in [-0.05, 0) is 18.4 Å². The van der Waals surface area contributed by atoms with Gasteiger partial charge >= 0.3 is 0 Å². The molecule has 1 aromatic carbocycles. The minimum absolute atomic E-state index is 0.510. The lowest BCUT2D eigenvalue weighted by molar-refractivity contribution is 0.802. The number of benzene rings is 1. The lowest BCUT2D eigenvalue weighted by Crippen LogP contribution is -2.36. The summed E-state index contributed by atoms with van der Waals surface area (Å²) in [5.41, 5.74) is 8.26. The number of fused-ring (bicyclic) bond motifs is 1. The maximum Gasteiger partial charge on any atom is 0.191 e. The summed E-state index contributed by atoms with van der Waals surface area (Å²) in [7, 11) is 2.11. The molecular weight excluding hydrogens is 270 g/mol. The predicted octanol–water partition coefficient (Wildman–Crippen LogP) is 2.37. The van der Waals surface area contributed by atoms with E-state index in [4.69, 9.17) is 5.73 Å². The summed E-state index contributed by atoms with van der Waals surface area (Å²) in [5.74, 6) is 1.37. The van der Waals surface area contributed by atoms with E-state index in [1.54, 1.807) is 0 Å². The number of para-hydroxylation sites is 2. The van der Waals surface area contributed by atoms with E-state index in [1.165, 1.54) is 17.4 Å². The zero-order valence-electron chi connectivity index (χ0n) is 11.6. The number of nitrogens with zero attached hydrogens (tertiary/aromatic N) is 4. The number of aromatic nitrogens is 2. The molecule has 0 saturated heterocycles. The molecule has 0 bridgehead atoms.